The van der Waals surface area contributed by atoms with Gasteiger partial charge in [-0.2, -0.15) is 18.3 Å². The van der Waals surface area contributed by atoms with Crippen LogP contribution in [0.1, 0.15) is 46.1 Å². The fourth-order valence-corrected chi connectivity index (χ4v) is 2.83. The van der Waals surface area contributed by atoms with Gasteiger partial charge < -0.3 is 5.32 Å². The number of hydrogen-bond donors (Lipinski definition) is 1. The Kier molecular flexibility index (Phi) is 4.55. The molecule has 2 heterocycles. The van der Waals surface area contributed by atoms with Crippen LogP contribution in [0.25, 0.3) is 0 Å². The molecule has 1 N–H and O–H groups in total. The third-order valence-electron chi connectivity index (χ3n) is 3.30. The molecule has 1 amide bonds. The van der Waals surface area contributed by atoms with Crippen LogP contribution < -0.4 is 5.32 Å². The molecule has 1 unspecified atom stereocenters. The first-order valence-corrected chi connectivity index (χ1v) is 7.44. The van der Waals surface area contributed by atoms with E-state index >= 15 is 0 Å². The summed E-state index contributed by atoms with van der Waals surface area (Å²) >= 11 is 0.889. The lowest BCUT2D eigenvalue weighted by Gasteiger charge is -2.14. The molecule has 120 valence electrons. The first kappa shape index (κ1) is 16.5. The molecule has 0 aromatic carbocycles. The molecule has 0 aliphatic carbocycles. The summed E-state index contributed by atoms with van der Waals surface area (Å²) in [6, 6.07) is -0.562. The van der Waals surface area contributed by atoms with Crippen LogP contribution in [-0.2, 0) is 13.2 Å². The molecule has 0 saturated heterocycles. The predicted molar refractivity (Wildman–Crippen MR) is 75.6 cm³/mol. The quantitative estimate of drug-likeness (QED) is 0.936. The summed E-state index contributed by atoms with van der Waals surface area (Å²) in [6.07, 6.45) is -2.60. The molecule has 1 atom stereocenters. The summed E-state index contributed by atoms with van der Waals surface area (Å²) in [6.45, 7) is 3.52. The fraction of sp³-hybridized carbons (Fsp3) is 0.462. The van der Waals surface area contributed by atoms with E-state index in [0.29, 0.717) is 17.7 Å². The van der Waals surface area contributed by atoms with E-state index in [4.69, 9.17) is 0 Å². The van der Waals surface area contributed by atoms with Gasteiger partial charge in [-0.25, -0.2) is 4.98 Å². The van der Waals surface area contributed by atoms with E-state index in [9.17, 15) is 18.0 Å². The normalized spacial score (nSPS) is 13.2. The Morgan fingerprint density at radius 3 is 2.64 bits per heavy atom. The molecule has 2 aromatic rings. The smallest absolute Gasteiger partial charge is 0.343 e. The molecular weight excluding hydrogens is 317 g/mol. The minimum Gasteiger partial charge on any atom is -0.343 e. The molecule has 5 nitrogen and oxygen atoms in total. The summed E-state index contributed by atoms with van der Waals surface area (Å²) in [7, 11) is 1.71. The molecule has 0 aliphatic rings. The standard InChI is InChI=1S/C13H15F3N4OS/c1-4-9(12-19-10(6-22-12)13(14,15)16)18-11(21)8-5-17-20(3)7(8)2/h5-6,9H,4H2,1-3H3,(H,18,21). The molecule has 0 fully saturated rings. The maximum Gasteiger partial charge on any atom is 0.434 e. The first-order valence-electron chi connectivity index (χ1n) is 6.56. The summed E-state index contributed by atoms with van der Waals surface area (Å²) < 4.78 is 39.3. The highest BCUT2D eigenvalue weighted by Crippen LogP contribution is 2.32. The van der Waals surface area contributed by atoms with Crippen LogP contribution in [-0.4, -0.2) is 20.7 Å². The fourth-order valence-electron chi connectivity index (χ4n) is 1.87. The van der Waals surface area contributed by atoms with Gasteiger partial charge in [0.2, 0.25) is 0 Å². The Hall–Kier alpha value is -1.90. The summed E-state index contributed by atoms with van der Waals surface area (Å²) in [5.74, 6) is -0.374. The van der Waals surface area contributed by atoms with Crippen molar-refractivity contribution in [3.05, 3.63) is 33.5 Å². The third-order valence-corrected chi connectivity index (χ3v) is 4.26. The van der Waals surface area contributed by atoms with Crippen molar-refractivity contribution in [1.29, 1.82) is 0 Å². The predicted octanol–water partition coefficient (Wildman–Crippen LogP) is 3.08. The lowest BCUT2D eigenvalue weighted by Crippen LogP contribution is -2.28. The summed E-state index contributed by atoms with van der Waals surface area (Å²) in [5.41, 5.74) is 0.147. The zero-order valence-corrected chi connectivity index (χ0v) is 13.0. The second kappa shape index (κ2) is 6.07. The van der Waals surface area contributed by atoms with E-state index < -0.39 is 17.9 Å². The average molecular weight is 332 g/mol. The van der Waals surface area contributed by atoms with Crippen LogP contribution in [0.2, 0.25) is 0 Å². The van der Waals surface area contributed by atoms with Crippen LogP contribution in [0.15, 0.2) is 11.6 Å². The highest BCUT2D eigenvalue weighted by atomic mass is 32.1. The molecule has 2 rings (SSSR count). The number of nitrogens with zero attached hydrogens (tertiary/aromatic N) is 3. The number of alkyl halides is 3. The number of amides is 1. The number of carbonyl (C=O) groups is 1. The second-order valence-corrected chi connectivity index (χ2v) is 5.66. The van der Waals surface area contributed by atoms with Crippen molar-refractivity contribution in [3.8, 4) is 0 Å². The number of carbonyl (C=O) groups excluding carboxylic acids is 1. The lowest BCUT2D eigenvalue weighted by molar-refractivity contribution is -0.140. The molecule has 9 heteroatoms. The van der Waals surface area contributed by atoms with Crippen molar-refractivity contribution in [3.63, 3.8) is 0 Å². The van der Waals surface area contributed by atoms with Gasteiger partial charge in [0.15, 0.2) is 5.69 Å². The Bertz CT molecular complexity index is 677. The highest BCUT2D eigenvalue weighted by Gasteiger charge is 2.34. The zero-order chi connectivity index (χ0) is 16.5. The maximum absolute atomic E-state index is 12.6. The topological polar surface area (TPSA) is 59.8 Å². The van der Waals surface area contributed by atoms with E-state index in [1.54, 1.807) is 25.6 Å². The van der Waals surface area contributed by atoms with E-state index in [0.717, 1.165) is 16.7 Å². The molecule has 0 bridgehead atoms. The van der Waals surface area contributed by atoms with Gasteiger partial charge in [0.25, 0.3) is 5.91 Å². The number of halogens is 3. The van der Waals surface area contributed by atoms with Gasteiger partial charge in [-0.3, -0.25) is 9.48 Å². The highest BCUT2D eigenvalue weighted by molar-refractivity contribution is 7.09. The van der Waals surface area contributed by atoms with Gasteiger partial charge in [0, 0.05) is 18.1 Å². The van der Waals surface area contributed by atoms with Gasteiger partial charge in [0.05, 0.1) is 17.8 Å². The maximum atomic E-state index is 12.6. The van der Waals surface area contributed by atoms with Crippen LogP contribution >= 0.6 is 11.3 Å². The molecule has 22 heavy (non-hydrogen) atoms. The molecule has 0 spiro atoms. The molecule has 0 aliphatic heterocycles. The van der Waals surface area contributed by atoms with E-state index in [2.05, 4.69) is 15.4 Å². The Balaban J connectivity index is 2.17. The number of rotatable bonds is 4. The molecular formula is C13H15F3N4OS. The van der Waals surface area contributed by atoms with Crippen molar-refractivity contribution in [2.45, 2.75) is 32.5 Å². The number of nitrogens with one attached hydrogen (secondary N) is 1. The Labute approximate surface area is 129 Å². The number of hydrogen-bond acceptors (Lipinski definition) is 4. The second-order valence-electron chi connectivity index (χ2n) is 4.77. The van der Waals surface area contributed by atoms with Crippen LogP contribution in [0, 0.1) is 6.92 Å². The van der Waals surface area contributed by atoms with Crippen molar-refractivity contribution in [2.24, 2.45) is 7.05 Å². The average Bonchev–Trinajstić information content (AvgIpc) is 3.04. The Morgan fingerprint density at radius 2 is 2.18 bits per heavy atom. The number of aromatic nitrogens is 3. The monoisotopic (exact) mass is 332 g/mol. The molecule has 0 saturated carbocycles. The van der Waals surface area contributed by atoms with Gasteiger partial charge in [-0.15, -0.1) is 11.3 Å². The zero-order valence-electron chi connectivity index (χ0n) is 12.2. The first-order chi connectivity index (χ1) is 10.2. The van der Waals surface area contributed by atoms with E-state index in [1.165, 1.54) is 6.20 Å². The summed E-state index contributed by atoms with van der Waals surface area (Å²) in [4.78, 5) is 15.8. The van der Waals surface area contributed by atoms with Crippen molar-refractivity contribution in [2.75, 3.05) is 0 Å². The van der Waals surface area contributed by atoms with Crippen molar-refractivity contribution < 1.29 is 18.0 Å². The number of aryl methyl sites for hydroxylation is 1. The lowest BCUT2D eigenvalue weighted by atomic mass is 10.2. The minimum absolute atomic E-state index is 0.240. The number of thiazole rings is 1. The minimum atomic E-state index is -4.48. The molecule has 2 aromatic heterocycles. The van der Waals surface area contributed by atoms with Crippen LogP contribution in [0.3, 0.4) is 0 Å². The van der Waals surface area contributed by atoms with E-state index in [-0.39, 0.29) is 10.9 Å². The van der Waals surface area contributed by atoms with Crippen LogP contribution in [0.5, 0.6) is 0 Å². The largest absolute Gasteiger partial charge is 0.434 e. The SMILES string of the molecule is CCC(NC(=O)c1cnn(C)c1C)c1nc(C(F)(F)F)cs1. The molecule has 0 radical (unpaired) electrons. The third kappa shape index (κ3) is 3.29. The van der Waals surface area contributed by atoms with Crippen molar-refractivity contribution in [1.82, 2.24) is 20.1 Å². The summed E-state index contributed by atoms with van der Waals surface area (Å²) in [5, 5.41) is 7.88. The van der Waals surface area contributed by atoms with E-state index in [1.807, 2.05) is 0 Å². The van der Waals surface area contributed by atoms with Gasteiger partial charge in [-0.05, 0) is 13.3 Å². The van der Waals surface area contributed by atoms with Crippen LogP contribution in [0.4, 0.5) is 13.2 Å². The van der Waals surface area contributed by atoms with Gasteiger partial charge in [0.1, 0.15) is 5.01 Å². The van der Waals surface area contributed by atoms with Gasteiger partial charge >= 0.3 is 6.18 Å². The Morgan fingerprint density at radius 1 is 1.50 bits per heavy atom. The van der Waals surface area contributed by atoms with Crippen molar-refractivity contribution >= 4 is 17.2 Å². The van der Waals surface area contributed by atoms with Gasteiger partial charge in [-0.1, -0.05) is 6.92 Å².